The minimum absolute atomic E-state index is 0.490. The van der Waals surface area contributed by atoms with Crippen molar-refractivity contribution in [2.75, 3.05) is 11.9 Å². The van der Waals surface area contributed by atoms with E-state index in [-0.39, 0.29) is 0 Å². The predicted octanol–water partition coefficient (Wildman–Crippen LogP) is 3.01. The summed E-state index contributed by atoms with van der Waals surface area (Å²) < 4.78 is 7.61. The van der Waals surface area contributed by atoms with Crippen molar-refractivity contribution in [1.82, 2.24) is 19.7 Å². The molecule has 112 valence electrons. The van der Waals surface area contributed by atoms with Crippen LogP contribution in [0.2, 0.25) is 0 Å². The van der Waals surface area contributed by atoms with Gasteiger partial charge in [-0.1, -0.05) is 6.92 Å². The summed E-state index contributed by atoms with van der Waals surface area (Å²) in [5, 5.41) is 7.48. The number of rotatable bonds is 6. The third kappa shape index (κ3) is 3.15. The monoisotopic (exact) mass is 287 g/mol. The molecule has 1 fully saturated rings. The molecule has 3 rings (SSSR count). The summed E-state index contributed by atoms with van der Waals surface area (Å²) in [6, 6.07) is 0. The van der Waals surface area contributed by atoms with Gasteiger partial charge in [-0.25, -0.2) is 4.98 Å². The summed E-state index contributed by atoms with van der Waals surface area (Å²) in [5.74, 6) is 3.58. The van der Waals surface area contributed by atoms with Crippen molar-refractivity contribution in [1.29, 1.82) is 0 Å². The molecule has 1 N–H and O–H groups in total. The zero-order valence-electron chi connectivity index (χ0n) is 12.8. The third-order valence-electron chi connectivity index (χ3n) is 3.50. The van der Waals surface area contributed by atoms with Gasteiger partial charge in [0.25, 0.3) is 0 Å². The maximum Gasteiger partial charge on any atom is 0.227 e. The molecular formula is C15H21N5O. The van der Waals surface area contributed by atoms with Gasteiger partial charge < -0.3 is 10.1 Å². The minimum atomic E-state index is 0.490. The predicted molar refractivity (Wildman–Crippen MR) is 80.8 cm³/mol. The molecule has 2 heterocycles. The highest BCUT2D eigenvalue weighted by molar-refractivity contribution is 5.50. The number of nitrogens with zero attached hydrogens (tertiary/aromatic N) is 4. The van der Waals surface area contributed by atoms with Gasteiger partial charge in [-0.2, -0.15) is 10.1 Å². The van der Waals surface area contributed by atoms with Gasteiger partial charge in [0.05, 0.1) is 18.0 Å². The molecule has 0 bridgehead atoms. The van der Waals surface area contributed by atoms with E-state index in [1.165, 1.54) is 12.8 Å². The SMILES string of the molecule is CCCNc1nc(C2CC2)nc(Oc2cnn(C)c2)c1C. The van der Waals surface area contributed by atoms with Gasteiger partial charge in [-0.15, -0.1) is 0 Å². The standard InChI is InChI=1S/C15H21N5O/c1-4-7-16-13-10(2)15(19-14(18-13)11-5-6-11)21-12-8-17-20(3)9-12/h8-9,11H,4-7H2,1-3H3,(H,16,18,19). The molecule has 0 aromatic carbocycles. The first-order valence-electron chi connectivity index (χ1n) is 7.46. The Balaban J connectivity index is 1.91. The lowest BCUT2D eigenvalue weighted by atomic mass is 10.3. The molecule has 0 spiro atoms. The second kappa shape index (κ2) is 5.71. The van der Waals surface area contributed by atoms with Crippen LogP contribution in [0.1, 0.15) is 43.5 Å². The van der Waals surface area contributed by atoms with Crippen LogP contribution < -0.4 is 10.1 Å². The molecule has 21 heavy (non-hydrogen) atoms. The molecule has 2 aromatic heterocycles. The molecular weight excluding hydrogens is 266 g/mol. The van der Waals surface area contributed by atoms with Crippen molar-refractivity contribution in [2.45, 2.75) is 39.0 Å². The molecule has 0 amide bonds. The first-order chi connectivity index (χ1) is 10.2. The van der Waals surface area contributed by atoms with E-state index in [9.17, 15) is 0 Å². The van der Waals surface area contributed by atoms with Gasteiger partial charge in [-0.05, 0) is 26.2 Å². The first-order valence-corrected chi connectivity index (χ1v) is 7.46. The molecule has 0 radical (unpaired) electrons. The zero-order valence-corrected chi connectivity index (χ0v) is 12.8. The fourth-order valence-electron chi connectivity index (χ4n) is 2.11. The Morgan fingerprint density at radius 2 is 2.19 bits per heavy atom. The molecule has 1 saturated carbocycles. The van der Waals surface area contributed by atoms with E-state index in [1.807, 2.05) is 20.2 Å². The summed E-state index contributed by atoms with van der Waals surface area (Å²) in [6.45, 7) is 5.02. The largest absolute Gasteiger partial charge is 0.435 e. The Bertz CT molecular complexity index is 633. The van der Waals surface area contributed by atoms with E-state index in [0.717, 1.165) is 30.2 Å². The maximum absolute atomic E-state index is 5.89. The van der Waals surface area contributed by atoms with Crippen LogP contribution in [0.25, 0.3) is 0 Å². The number of anilines is 1. The second-order valence-corrected chi connectivity index (χ2v) is 5.51. The van der Waals surface area contributed by atoms with Crippen LogP contribution in [-0.4, -0.2) is 26.3 Å². The molecule has 0 saturated heterocycles. The molecule has 1 aliphatic carbocycles. The average Bonchev–Trinajstić information content (AvgIpc) is 3.23. The number of ether oxygens (including phenoxy) is 1. The van der Waals surface area contributed by atoms with Gasteiger partial charge in [0.2, 0.25) is 5.88 Å². The zero-order chi connectivity index (χ0) is 14.8. The molecule has 2 aromatic rings. The van der Waals surface area contributed by atoms with Crippen molar-refractivity contribution in [3.8, 4) is 11.6 Å². The maximum atomic E-state index is 5.89. The average molecular weight is 287 g/mol. The fourth-order valence-corrected chi connectivity index (χ4v) is 2.11. The van der Waals surface area contributed by atoms with Crippen LogP contribution in [0.4, 0.5) is 5.82 Å². The number of aryl methyl sites for hydroxylation is 1. The quantitative estimate of drug-likeness (QED) is 0.884. The van der Waals surface area contributed by atoms with Crippen molar-refractivity contribution >= 4 is 5.82 Å². The fraction of sp³-hybridized carbons (Fsp3) is 0.533. The molecule has 6 nitrogen and oxygen atoms in total. The van der Waals surface area contributed by atoms with Gasteiger partial charge in [0.15, 0.2) is 5.75 Å². The van der Waals surface area contributed by atoms with E-state index in [0.29, 0.717) is 17.5 Å². The Morgan fingerprint density at radius 1 is 1.38 bits per heavy atom. The van der Waals surface area contributed by atoms with Crippen molar-refractivity contribution in [3.05, 3.63) is 23.8 Å². The number of nitrogens with one attached hydrogen (secondary N) is 1. The van der Waals surface area contributed by atoms with Gasteiger partial charge in [0.1, 0.15) is 11.6 Å². The number of hydrogen-bond donors (Lipinski definition) is 1. The van der Waals surface area contributed by atoms with E-state index in [4.69, 9.17) is 4.74 Å². The van der Waals surface area contributed by atoms with Crippen LogP contribution in [0.3, 0.4) is 0 Å². The number of aromatic nitrogens is 4. The molecule has 0 aliphatic heterocycles. The van der Waals surface area contributed by atoms with Crippen LogP contribution in [0, 0.1) is 6.92 Å². The molecule has 0 atom stereocenters. The Morgan fingerprint density at radius 3 is 2.81 bits per heavy atom. The lowest BCUT2D eigenvalue weighted by molar-refractivity contribution is 0.454. The first kappa shape index (κ1) is 13.9. The Hall–Kier alpha value is -2.11. The minimum Gasteiger partial charge on any atom is -0.435 e. The topological polar surface area (TPSA) is 64.9 Å². The van der Waals surface area contributed by atoms with Crippen LogP contribution in [-0.2, 0) is 7.05 Å². The van der Waals surface area contributed by atoms with Crippen molar-refractivity contribution < 1.29 is 4.74 Å². The summed E-state index contributed by atoms with van der Waals surface area (Å²) in [7, 11) is 1.86. The lowest BCUT2D eigenvalue weighted by Gasteiger charge is -2.13. The van der Waals surface area contributed by atoms with Crippen LogP contribution in [0.5, 0.6) is 11.6 Å². The van der Waals surface area contributed by atoms with Crippen LogP contribution >= 0.6 is 0 Å². The Labute approximate surface area is 124 Å². The molecule has 6 heteroatoms. The normalized spacial score (nSPS) is 14.2. The Kier molecular flexibility index (Phi) is 3.77. The highest BCUT2D eigenvalue weighted by atomic mass is 16.5. The van der Waals surface area contributed by atoms with Crippen molar-refractivity contribution in [2.24, 2.45) is 7.05 Å². The smallest absolute Gasteiger partial charge is 0.227 e. The highest BCUT2D eigenvalue weighted by Crippen LogP contribution is 2.40. The highest BCUT2D eigenvalue weighted by Gasteiger charge is 2.28. The summed E-state index contributed by atoms with van der Waals surface area (Å²) in [4.78, 5) is 9.25. The third-order valence-corrected chi connectivity index (χ3v) is 3.50. The van der Waals surface area contributed by atoms with E-state index in [2.05, 4.69) is 27.3 Å². The van der Waals surface area contributed by atoms with Crippen LogP contribution in [0.15, 0.2) is 12.4 Å². The number of hydrogen-bond acceptors (Lipinski definition) is 5. The van der Waals surface area contributed by atoms with E-state index >= 15 is 0 Å². The van der Waals surface area contributed by atoms with Gasteiger partial charge in [0, 0.05) is 19.5 Å². The summed E-state index contributed by atoms with van der Waals surface area (Å²) in [6.07, 6.45) is 6.92. The van der Waals surface area contributed by atoms with Gasteiger partial charge in [-0.3, -0.25) is 4.68 Å². The second-order valence-electron chi connectivity index (χ2n) is 5.51. The van der Waals surface area contributed by atoms with Crippen molar-refractivity contribution in [3.63, 3.8) is 0 Å². The molecule has 0 unspecified atom stereocenters. The lowest BCUT2D eigenvalue weighted by Crippen LogP contribution is -2.08. The summed E-state index contributed by atoms with van der Waals surface area (Å²) >= 11 is 0. The van der Waals surface area contributed by atoms with E-state index < -0.39 is 0 Å². The summed E-state index contributed by atoms with van der Waals surface area (Å²) in [5.41, 5.74) is 0.941. The van der Waals surface area contributed by atoms with Gasteiger partial charge >= 0.3 is 0 Å². The van der Waals surface area contributed by atoms with E-state index in [1.54, 1.807) is 10.9 Å². The molecule has 1 aliphatic rings.